The second-order valence-corrected chi connectivity index (χ2v) is 8.24. The van der Waals surface area contributed by atoms with Gasteiger partial charge in [-0.1, -0.05) is 6.07 Å². The van der Waals surface area contributed by atoms with Gasteiger partial charge in [0.15, 0.2) is 0 Å². The van der Waals surface area contributed by atoms with Crippen LogP contribution in [0.5, 0.6) is 0 Å². The lowest BCUT2D eigenvalue weighted by molar-refractivity contribution is 0.102. The van der Waals surface area contributed by atoms with Crippen molar-refractivity contribution in [3.05, 3.63) is 53.3 Å². The lowest BCUT2D eigenvalue weighted by atomic mass is 10.1. The Bertz CT molecular complexity index is 865. The Labute approximate surface area is 167 Å². The molecule has 5 nitrogen and oxygen atoms in total. The molecule has 28 heavy (non-hydrogen) atoms. The summed E-state index contributed by atoms with van der Waals surface area (Å²) in [6.07, 6.45) is 3.90. The zero-order valence-electron chi connectivity index (χ0n) is 17.1. The highest BCUT2D eigenvalue weighted by atomic mass is 16.1. The SMILES string of the molecule is Cc1cccc(C(=O)Nc2ccc(N3CC[C@H](N4CCC[C@@H]4C)C3)cc2C)n1. The number of likely N-dealkylation sites (tertiary alicyclic amines) is 1. The summed E-state index contributed by atoms with van der Waals surface area (Å²) in [5.41, 5.74) is 4.47. The number of aromatic nitrogens is 1. The normalized spacial score (nSPS) is 22.6. The number of nitrogens with zero attached hydrogens (tertiary/aromatic N) is 3. The lowest BCUT2D eigenvalue weighted by Gasteiger charge is -2.28. The molecule has 1 aromatic heterocycles. The number of anilines is 2. The molecular formula is C23H30N4O. The van der Waals surface area contributed by atoms with Crippen molar-refractivity contribution in [1.82, 2.24) is 9.88 Å². The third-order valence-electron chi connectivity index (χ3n) is 6.18. The van der Waals surface area contributed by atoms with Crippen LogP contribution in [0.2, 0.25) is 0 Å². The molecular weight excluding hydrogens is 348 g/mol. The lowest BCUT2D eigenvalue weighted by Crippen LogP contribution is -2.39. The zero-order valence-corrected chi connectivity index (χ0v) is 17.1. The molecule has 0 aliphatic carbocycles. The third kappa shape index (κ3) is 3.90. The van der Waals surface area contributed by atoms with E-state index >= 15 is 0 Å². The highest BCUT2D eigenvalue weighted by Crippen LogP contribution is 2.30. The number of benzene rings is 1. The molecule has 2 aliphatic rings. The molecule has 2 atom stereocenters. The minimum Gasteiger partial charge on any atom is -0.370 e. The predicted molar refractivity (Wildman–Crippen MR) is 114 cm³/mol. The maximum absolute atomic E-state index is 12.5. The van der Waals surface area contributed by atoms with E-state index in [1.165, 1.54) is 31.5 Å². The first-order valence-corrected chi connectivity index (χ1v) is 10.4. The number of pyridine rings is 1. The van der Waals surface area contributed by atoms with E-state index < -0.39 is 0 Å². The molecule has 2 aliphatic heterocycles. The van der Waals surface area contributed by atoms with Gasteiger partial charge in [-0.3, -0.25) is 9.69 Å². The van der Waals surface area contributed by atoms with Crippen LogP contribution in [0.1, 0.15) is 47.9 Å². The Morgan fingerprint density at radius 2 is 2.00 bits per heavy atom. The van der Waals surface area contributed by atoms with Gasteiger partial charge in [0.25, 0.3) is 5.91 Å². The molecule has 0 saturated carbocycles. The molecule has 1 amide bonds. The van der Waals surface area contributed by atoms with Gasteiger partial charge < -0.3 is 10.2 Å². The second kappa shape index (κ2) is 7.92. The van der Waals surface area contributed by atoms with Gasteiger partial charge in [-0.2, -0.15) is 0 Å². The molecule has 5 heteroatoms. The van der Waals surface area contributed by atoms with Crippen LogP contribution in [0.3, 0.4) is 0 Å². The maximum atomic E-state index is 12.5. The van der Waals surface area contributed by atoms with E-state index in [4.69, 9.17) is 0 Å². The van der Waals surface area contributed by atoms with E-state index in [1.54, 1.807) is 6.07 Å². The van der Waals surface area contributed by atoms with E-state index in [0.717, 1.165) is 36.1 Å². The fraction of sp³-hybridized carbons (Fsp3) is 0.478. The predicted octanol–water partition coefficient (Wildman–Crippen LogP) is 4.01. The van der Waals surface area contributed by atoms with Crippen LogP contribution >= 0.6 is 0 Å². The van der Waals surface area contributed by atoms with Crippen molar-refractivity contribution in [2.45, 2.75) is 52.1 Å². The first-order valence-electron chi connectivity index (χ1n) is 10.4. The Hall–Kier alpha value is -2.40. The minimum absolute atomic E-state index is 0.163. The van der Waals surface area contributed by atoms with E-state index in [0.29, 0.717) is 11.7 Å². The second-order valence-electron chi connectivity index (χ2n) is 8.24. The fourth-order valence-electron chi connectivity index (χ4n) is 4.59. The molecule has 2 aromatic rings. The van der Waals surface area contributed by atoms with Crippen LogP contribution in [-0.2, 0) is 0 Å². The fourth-order valence-corrected chi connectivity index (χ4v) is 4.59. The van der Waals surface area contributed by atoms with E-state index in [9.17, 15) is 4.79 Å². The van der Waals surface area contributed by atoms with Gasteiger partial charge >= 0.3 is 0 Å². The molecule has 2 saturated heterocycles. The number of amides is 1. The number of nitrogens with one attached hydrogen (secondary N) is 1. The molecule has 1 aromatic carbocycles. The summed E-state index contributed by atoms with van der Waals surface area (Å²) >= 11 is 0. The third-order valence-corrected chi connectivity index (χ3v) is 6.18. The molecule has 0 radical (unpaired) electrons. The summed E-state index contributed by atoms with van der Waals surface area (Å²) in [5.74, 6) is -0.163. The molecule has 0 spiro atoms. The maximum Gasteiger partial charge on any atom is 0.274 e. The first-order chi connectivity index (χ1) is 13.5. The van der Waals surface area contributed by atoms with Crippen LogP contribution < -0.4 is 10.2 Å². The molecule has 148 valence electrons. The van der Waals surface area contributed by atoms with Crippen LogP contribution in [0.15, 0.2) is 36.4 Å². The Kier molecular flexibility index (Phi) is 5.36. The van der Waals surface area contributed by atoms with Crippen molar-refractivity contribution in [2.24, 2.45) is 0 Å². The number of hydrogen-bond donors (Lipinski definition) is 1. The Balaban J connectivity index is 1.42. The van der Waals surface area contributed by atoms with Crippen LogP contribution in [0.4, 0.5) is 11.4 Å². The molecule has 2 fully saturated rings. The van der Waals surface area contributed by atoms with Crippen LogP contribution in [-0.4, -0.2) is 47.5 Å². The Morgan fingerprint density at radius 1 is 1.14 bits per heavy atom. The zero-order chi connectivity index (χ0) is 19.7. The number of rotatable bonds is 4. The molecule has 0 unspecified atom stereocenters. The van der Waals surface area contributed by atoms with Crippen molar-refractivity contribution in [1.29, 1.82) is 0 Å². The van der Waals surface area contributed by atoms with Crippen molar-refractivity contribution in [3.63, 3.8) is 0 Å². The van der Waals surface area contributed by atoms with Crippen molar-refractivity contribution >= 4 is 17.3 Å². The summed E-state index contributed by atoms with van der Waals surface area (Å²) in [6, 6.07) is 13.2. The smallest absolute Gasteiger partial charge is 0.274 e. The summed E-state index contributed by atoms with van der Waals surface area (Å²) < 4.78 is 0. The van der Waals surface area contributed by atoms with Gasteiger partial charge in [0.1, 0.15) is 5.69 Å². The van der Waals surface area contributed by atoms with Crippen LogP contribution in [0, 0.1) is 13.8 Å². The van der Waals surface area contributed by atoms with Gasteiger partial charge in [0.2, 0.25) is 0 Å². The van der Waals surface area contributed by atoms with E-state index in [-0.39, 0.29) is 5.91 Å². The van der Waals surface area contributed by atoms with Gasteiger partial charge in [0, 0.05) is 42.2 Å². The number of aryl methyl sites for hydroxylation is 2. The quantitative estimate of drug-likeness (QED) is 0.873. The van der Waals surface area contributed by atoms with Crippen molar-refractivity contribution in [3.8, 4) is 0 Å². The van der Waals surface area contributed by atoms with E-state index in [1.807, 2.05) is 25.1 Å². The summed E-state index contributed by atoms with van der Waals surface area (Å²) in [6.45, 7) is 9.76. The van der Waals surface area contributed by atoms with Gasteiger partial charge in [-0.25, -0.2) is 4.98 Å². The summed E-state index contributed by atoms with van der Waals surface area (Å²) in [7, 11) is 0. The minimum atomic E-state index is -0.163. The standard InChI is InChI=1S/C23H30N4O/c1-16-14-19(26-13-11-20(15-26)27-12-5-7-18(27)3)9-10-21(16)25-23(28)22-8-4-6-17(2)24-22/h4,6,8-10,14,18,20H,5,7,11-13,15H2,1-3H3,(H,25,28)/t18-,20-/m0/s1. The average molecular weight is 379 g/mol. The summed E-state index contributed by atoms with van der Waals surface area (Å²) in [4.78, 5) is 22.0. The van der Waals surface area contributed by atoms with Crippen molar-refractivity contribution in [2.75, 3.05) is 29.9 Å². The number of carbonyl (C=O) groups is 1. The monoisotopic (exact) mass is 378 g/mol. The van der Waals surface area contributed by atoms with Gasteiger partial charge in [-0.05, 0) is 82.5 Å². The Morgan fingerprint density at radius 3 is 2.71 bits per heavy atom. The number of hydrogen-bond acceptors (Lipinski definition) is 4. The van der Waals surface area contributed by atoms with Gasteiger partial charge in [0.05, 0.1) is 0 Å². The van der Waals surface area contributed by atoms with Gasteiger partial charge in [-0.15, -0.1) is 0 Å². The highest BCUT2D eigenvalue weighted by molar-refractivity contribution is 6.03. The molecule has 0 bridgehead atoms. The average Bonchev–Trinajstić information content (AvgIpc) is 3.32. The van der Waals surface area contributed by atoms with E-state index in [2.05, 4.69) is 46.1 Å². The highest BCUT2D eigenvalue weighted by Gasteiger charge is 2.32. The molecule has 4 rings (SSSR count). The topological polar surface area (TPSA) is 48.5 Å². The first kappa shape index (κ1) is 18.9. The van der Waals surface area contributed by atoms with Crippen molar-refractivity contribution < 1.29 is 4.79 Å². The van der Waals surface area contributed by atoms with Crippen LogP contribution in [0.25, 0.3) is 0 Å². The largest absolute Gasteiger partial charge is 0.370 e. The number of carbonyl (C=O) groups excluding carboxylic acids is 1. The summed E-state index contributed by atoms with van der Waals surface area (Å²) in [5, 5.41) is 3.00. The molecule has 3 heterocycles. The molecule has 1 N–H and O–H groups in total.